The van der Waals surface area contributed by atoms with Crippen molar-refractivity contribution in [2.24, 2.45) is 0 Å². The average molecular weight is 297 g/mol. The van der Waals surface area contributed by atoms with E-state index < -0.39 is 0 Å². The molecule has 0 fully saturated rings. The number of rotatable bonds is 8. The molecule has 1 aromatic rings. The summed E-state index contributed by atoms with van der Waals surface area (Å²) in [4.78, 5) is 1.19. The Kier molecular flexibility index (Phi) is 7.30. The molecule has 0 spiro atoms. The van der Waals surface area contributed by atoms with Gasteiger partial charge in [-0.25, -0.2) is 0 Å². The van der Waals surface area contributed by atoms with Crippen LogP contribution >= 0.6 is 23.4 Å². The van der Waals surface area contributed by atoms with Gasteiger partial charge in [0.25, 0.3) is 0 Å². The van der Waals surface area contributed by atoms with Gasteiger partial charge in [-0.1, -0.05) is 31.5 Å². The monoisotopic (exact) mass is 296 g/mol. The van der Waals surface area contributed by atoms with Crippen LogP contribution in [0.25, 0.3) is 0 Å². The molecule has 1 rings (SSSR count). The van der Waals surface area contributed by atoms with Crippen LogP contribution in [0, 0.1) is 11.3 Å². The van der Waals surface area contributed by atoms with Crippen LogP contribution < -0.4 is 5.32 Å². The lowest BCUT2D eigenvalue weighted by Crippen LogP contribution is -2.43. The molecule has 19 heavy (non-hydrogen) atoms. The van der Waals surface area contributed by atoms with Crippen LogP contribution in [0.3, 0.4) is 0 Å². The Morgan fingerprint density at radius 1 is 1.42 bits per heavy atom. The van der Waals surface area contributed by atoms with Crippen molar-refractivity contribution >= 4 is 23.4 Å². The Labute approximate surface area is 125 Å². The minimum atomic E-state index is -0.357. The van der Waals surface area contributed by atoms with Crippen LogP contribution in [0.1, 0.15) is 33.1 Å². The number of nitriles is 1. The summed E-state index contributed by atoms with van der Waals surface area (Å²) in [7, 11) is 0. The summed E-state index contributed by atoms with van der Waals surface area (Å²) in [5.41, 5.74) is -0.357. The number of benzene rings is 1. The molecule has 0 aromatic heterocycles. The van der Waals surface area contributed by atoms with E-state index in [1.807, 2.05) is 25.1 Å². The molecule has 0 aliphatic rings. The van der Waals surface area contributed by atoms with Gasteiger partial charge in [0.2, 0.25) is 0 Å². The van der Waals surface area contributed by atoms with E-state index in [-0.39, 0.29) is 5.54 Å². The fourth-order valence-corrected chi connectivity index (χ4v) is 3.19. The molecular weight excluding hydrogens is 276 g/mol. The van der Waals surface area contributed by atoms with Gasteiger partial charge >= 0.3 is 0 Å². The van der Waals surface area contributed by atoms with Crippen LogP contribution in [0.4, 0.5) is 0 Å². The van der Waals surface area contributed by atoms with Crippen LogP contribution in [-0.4, -0.2) is 17.8 Å². The first-order valence-corrected chi connectivity index (χ1v) is 8.07. The predicted molar refractivity (Wildman–Crippen MR) is 83.7 cm³/mol. The van der Waals surface area contributed by atoms with E-state index in [1.165, 1.54) is 4.90 Å². The van der Waals surface area contributed by atoms with Gasteiger partial charge in [0.15, 0.2) is 0 Å². The second kappa shape index (κ2) is 8.47. The van der Waals surface area contributed by atoms with Gasteiger partial charge in [0.1, 0.15) is 5.54 Å². The van der Waals surface area contributed by atoms with Crippen molar-refractivity contribution < 1.29 is 0 Å². The molecule has 4 heteroatoms. The van der Waals surface area contributed by atoms with E-state index in [9.17, 15) is 5.26 Å². The summed E-state index contributed by atoms with van der Waals surface area (Å²) in [5.74, 6) is 1.01. The molecule has 104 valence electrons. The molecule has 0 aliphatic carbocycles. The predicted octanol–water partition coefficient (Wildman–Crippen LogP) is 4.49. The molecule has 1 unspecified atom stereocenters. The maximum absolute atomic E-state index is 9.32. The first-order chi connectivity index (χ1) is 9.15. The molecule has 0 saturated heterocycles. The first-order valence-electron chi connectivity index (χ1n) is 6.70. The largest absolute Gasteiger partial charge is 0.300 e. The van der Waals surface area contributed by atoms with Crippen molar-refractivity contribution in [3.63, 3.8) is 0 Å². The number of thioether (sulfide) groups is 1. The van der Waals surface area contributed by atoms with E-state index >= 15 is 0 Å². The van der Waals surface area contributed by atoms with Crippen molar-refractivity contribution in [1.29, 1.82) is 5.26 Å². The minimum absolute atomic E-state index is 0.357. The second-order valence-corrected chi connectivity index (χ2v) is 6.09. The molecule has 0 heterocycles. The Morgan fingerprint density at radius 3 is 2.79 bits per heavy atom. The third-order valence-electron chi connectivity index (χ3n) is 3.15. The van der Waals surface area contributed by atoms with Crippen LogP contribution in [0.15, 0.2) is 29.2 Å². The molecule has 1 N–H and O–H groups in total. The number of nitrogens with one attached hydrogen (secondary N) is 1. The smallest absolute Gasteiger partial charge is 0.106 e. The first kappa shape index (κ1) is 16.4. The zero-order valence-electron chi connectivity index (χ0n) is 11.6. The summed E-state index contributed by atoms with van der Waals surface area (Å²) < 4.78 is 0. The molecule has 1 atom stereocenters. The fraction of sp³-hybridized carbons (Fsp3) is 0.533. The molecule has 0 radical (unpaired) electrons. The van der Waals surface area contributed by atoms with Crippen molar-refractivity contribution in [3.8, 4) is 6.07 Å². The SMILES string of the molecule is CCNC(C#N)(CC)CCCSc1cccc(Cl)c1. The number of hydrogen-bond donors (Lipinski definition) is 1. The van der Waals surface area contributed by atoms with E-state index in [2.05, 4.69) is 24.4 Å². The van der Waals surface area contributed by atoms with E-state index in [1.54, 1.807) is 11.8 Å². The number of hydrogen-bond acceptors (Lipinski definition) is 3. The van der Waals surface area contributed by atoms with Gasteiger partial charge in [-0.2, -0.15) is 5.26 Å². The molecule has 2 nitrogen and oxygen atoms in total. The summed E-state index contributed by atoms with van der Waals surface area (Å²) in [5, 5.41) is 13.4. The number of nitrogens with zero attached hydrogens (tertiary/aromatic N) is 1. The van der Waals surface area contributed by atoms with Gasteiger partial charge in [-0.05, 0) is 49.8 Å². The van der Waals surface area contributed by atoms with Crippen molar-refractivity contribution in [3.05, 3.63) is 29.3 Å². The molecule has 0 aliphatic heterocycles. The lowest BCUT2D eigenvalue weighted by molar-refractivity contribution is 0.379. The average Bonchev–Trinajstić information content (AvgIpc) is 2.42. The summed E-state index contributed by atoms with van der Waals surface area (Å²) in [6.07, 6.45) is 2.76. The second-order valence-electron chi connectivity index (χ2n) is 4.49. The third kappa shape index (κ3) is 5.44. The Morgan fingerprint density at radius 2 is 2.21 bits per heavy atom. The highest BCUT2D eigenvalue weighted by molar-refractivity contribution is 7.99. The lowest BCUT2D eigenvalue weighted by Gasteiger charge is -2.25. The van der Waals surface area contributed by atoms with Gasteiger partial charge in [0, 0.05) is 9.92 Å². The lowest BCUT2D eigenvalue weighted by atomic mass is 9.92. The molecule has 1 aromatic carbocycles. The fourth-order valence-electron chi connectivity index (χ4n) is 2.02. The normalized spacial score (nSPS) is 13.8. The highest BCUT2D eigenvalue weighted by Gasteiger charge is 2.25. The summed E-state index contributed by atoms with van der Waals surface area (Å²) in [6, 6.07) is 10.3. The number of halogens is 1. The van der Waals surface area contributed by atoms with Gasteiger partial charge in [-0.3, -0.25) is 5.32 Å². The Balaban J connectivity index is 2.39. The molecular formula is C15H21ClN2S. The van der Waals surface area contributed by atoms with E-state index in [4.69, 9.17) is 11.6 Å². The van der Waals surface area contributed by atoms with Crippen molar-refractivity contribution in [2.45, 2.75) is 43.5 Å². The minimum Gasteiger partial charge on any atom is -0.300 e. The zero-order chi connectivity index (χ0) is 14.1. The van der Waals surface area contributed by atoms with Crippen LogP contribution in [-0.2, 0) is 0 Å². The van der Waals surface area contributed by atoms with Gasteiger partial charge < -0.3 is 0 Å². The van der Waals surface area contributed by atoms with Gasteiger partial charge in [-0.15, -0.1) is 11.8 Å². The van der Waals surface area contributed by atoms with Crippen LogP contribution in [0.2, 0.25) is 5.02 Å². The third-order valence-corrected chi connectivity index (χ3v) is 4.46. The Bertz CT molecular complexity index is 430. The standard InChI is InChI=1S/C15H21ClN2S/c1-3-15(12-17,18-4-2)9-6-10-19-14-8-5-7-13(16)11-14/h5,7-8,11,18H,3-4,6,9-10H2,1-2H3. The summed E-state index contributed by atoms with van der Waals surface area (Å²) >= 11 is 7.74. The van der Waals surface area contributed by atoms with Crippen molar-refractivity contribution in [2.75, 3.05) is 12.3 Å². The maximum atomic E-state index is 9.32. The molecule has 0 bridgehead atoms. The maximum Gasteiger partial charge on any atom is 0.106 e. The zero-order valence-corrected chi connectivity index (χ0v) is 13.2. The summed E-state index contributed by atoms with van der Waals surface area (Å²) in [6.45, 7) is 4.95. The van der Waals surface area contributed by atoms with E-state index in [0.717, 1.165) is 36.6 Å². The van der Waals surface area contributed by atoms with E-state index in [0.29, 0.717) is 0 Å². The van der Waals surface area contributed by atoms with Crippen LogP contribution in [0.5, 0.6) is 0 Å². The topological polar surface area (TPSA) is 35.8 Å². The highest BCUT2D eigenvalue weighted by atomic mass is 35.5. The van der Waals surface area contributed by atoms with Crippen molar-refractivity contribution in [1.82, 2.24) is 5.32 Å². The van der Waals surface area contributed by atoms with Gasteiger partial charge in [0.05, 0.1) is 6.07 Å². The molecule has 0 saturated carbocycles. The quantitative estimate of drug-likeness (QED) is 0.567. The highest BCUT2D eigenvalue weighted by Crippen LogP contribution is 2.24. The molecule has 0 amide bonds. The Hall–Kier alpha value is -0.690.